The van der Waals surface area contributed by atoms with E-state index in [1.807, 2.05) is 0 Å². The van der Waals surface area contributed by atoms with E-state index in [-0.39, 0.29) is 23.2 Å². The second-order valence-corrected chi connectivity index (χ2v) is 5.84. The molecule has 0 radical (unpaired) electrons. The predicted molar refractivity (Wildman–Crippen MR) is 98.2 cm³/mol. The molecule has 27 heavy (non-hydrogen) atoms. The number of anilines is 1. The van der Waals surface area contributed by atoms with Crippen LogP contribution in [0.2, 0.25) is 0 Å². The lowest BCUT2D eigenvalue weighted by Gasteiger charge is -2.08. The molecule has 138 valence electrons. The molecule has 0 unspecified atom stereocenters. The molecule has 2 N–H and O–H groups in total. The van der Waals surface area contributed by atoms with Gasteiger partial charge in [-0.25, -0.2) is 18.7 Å². The highest BCUT2D eigenvalue weighted by Crippen LogP contribution is 2.08. The minimum Gasteiger partial charge on any atom is -0.350 e. The molecule has 1 aromatic heterocycles. The molecule has 0 fully saturated rings. The first-order valence-electron chi connectivity index (χ1n) is 8.45. The lowest BCUT2D eigenvalue weighted by molar-refractivity contribution is 0.0949. The molecule has 3 aromatic rings. The zero-order chi connectivity index (χ0) is 19.1. The van der Waals surface area contributed by atoms with E-state index in [0.717, 1.165) is 5.56 Å². The molecule has 0 bridgehead atoms. The fraction of sp³-hybridized carbons (Fsp3) is 0.150. The summed E-state index contributed by atoms with van der Waals surface area (Å²) in [5.41, 5.74) is 1.61. The third kappa shape index (κ3) is 5.31. The SMILES string of the molecule is O=C(NCCc1ccccc1F)c1ccnc(NCc2ccc(F)cc2)n1. The molecule has 7 heteroatoms. The van der Waals surface area contributed by atoms with E-state index in [1.54, 1.807) is 30.3 Å². The van der Waals surface area contributed by atoms with Crippen LogP contribution in [0.3, 0.4) is 0 Å². The van der Waals surface area contributed by atoms with Gasteiger partial charge in [0, 0.05) is 19.3 Å². The van der Waals surface area contributed by atoms with Crippen LogP contribution in [0.5, 0.6) is 0 Å². The maximum Gasteiger partial charge on any atom is 0.270 e. The summed E-state index contributed by atoms with van der Waals surface area (Å²) in [7, 11) is 0. The number of rotatable bonds is 7. The number of amides is 1. The van der Waals surface area contributed by atoms with Crippen LogP contribution in [-0.2, 0) is 13.0 Å². The minimum atomic E-state index is -0.362. The van der Waals surface area contributed by atoms with Gasteiger partial charge in [0.2, 0.25) is 5.95 Å². The van der Waals surface area contributed by atoms with Gasteiger partial charge in [-0.05, 0) is 41.8 Å². The number of benzene rings is 2. The number of carbonyl (C=O) groups excluding carboxylic acids is 1. The molecular weight excluding hydrogens is 350 g/mol. The van der Waals surface area contributed by atoms with Crippen molar-refractivity contribution in [2.75, 3.05) is 11.9 Å². The fourth-order valence-corrected chi connectivity index (χ4v) is 2.46. The molecule has 0 aliphatic carbocycles. The molecule has 0 atom stereocenters. The lowest BCUT2D eigenvalue weighted by Crippen LogP contribution is -2.27. The Morgan fingerprint density at radius 1 is 1.00 bits per heavy atom. The quantitative estimate of drug-likeness (QED) is 0.671. The predicted octanol–water partition coefficient (Wildman–Crippen LogP) is 3.34. The van der Waals surface area contributed by atoms with Gasteiger partial charge in [0.15, 0.2) is 0 Å². The van der Waals surface area contributed by atoms with Crippen LogP contribution < -0.4 is 10.6 Å². The summed E-state index contributed by atoms with van der Waals surface area (Å²) in [5.74, 6) is -0.662. The number of aromatic nitrogens is 2. The van der Waals surface area contributed by atoms with Crippen molar-refractivity contribution in [2.45, 2.75) is 13.0 Å². The monoisotopic (exact) mass is 368 g/mol. The highest BCUT2D eigenvalue weighted by Gasteiger charge is 2.09. The van der Waals surface area contributed by atoms with E-state index in [1.165, 1.54) is 30.5 Å². The summed E-state index contributed by atoms with van der Waals surface area (Å²) in [5, 5.41) is 5.71. The third-order valence-corrected chi connectivity index (χ3v) is 3.89. The molecule has 0 aliphatic heterocycles. The standard InChI is InChI=1S/C20H18F2N4O/c21-16-7-5-14(6-8-16)13-25-20-24-12-10-18(26-20)19(27)23-11-9-15-3-1-2-4-17(15)22/h1-8,10,12H,9,11,13H2,(H,23,27)(H,24,25,26). The molecule has 2 aromatic carbocycles. The fourth-order valence-electron chi connectivity index (χ4n) is 2.46. The van der Waals surface area contributed by atoms with Gasteiger partial charge in [-0.2, -0.15) is 0 Å². The number of carbonyl (C=O) groups is 1. The highest BCUT2D eigenvalue weighted by atomic mass is 19.1. The first-order chi connectivity index (χ1) is 13.1. The normalized spacial score (nSPS) is 10.4. The van der Waals surface area contributed by atoms with E-state index in [9.17, 15) is 13.6 Å². The van der Waals surface area contributed by atoms with Gasteiger partial charge >= 0.3 is 0 Å². The van der Waals surface area contributed by atoms with Gasteiger partial charge in [-0.1, -0.05) is 30.3 Å². The topological polar surface area (TPSA) is 66.9 Å². The molecule has 1 heterocycles. The van der Waals surface area contributed by atoms with E-state index in [4.69, 9.17) is 0 Å². The summed E-state index contributed by atoms with van der Waals surface area (Å²) in [4.78, 5) is 20.5. The molecule has 0 spiro atoms. The van der Waals surface area contributed by atoms with Crippen LogP contribution in [0, 0.1) is 11.6 Å². The third-order valence-electron chi connectivity index (χ3n) is 3.89. The largest absolute Gasteiger partial charge is 0.350 e. The number of hydrogen-bond acceptors (Lipinski definition) is 4. The van der Waals surface area contributed by atoms with Crippen molar-refractivity contribution in [2.24, 2.45) is 0 Å². The van der Waals surface area contributed by atoms with Crippen molar-refractivity contribution < 1.29 is 13.6 Å². The van der Waals surface area contributed by atoms with E-state index in [0.29, 0.717) is 31.0 Å². The minimum absolute atomic E-state index is 0.208. The average molecular weight is 368 g/mol. The van der Waals surface area contributed by atoms with Gasteiger partial charge in [0.1, 0.15) is 17.3 Å². The van der Waals surface area contributed by atoms with Crippen LogP contribution in [0.1, 0.15) is 21.6 Å². The molecule has 0 saturated heterocycles. The maximum atomic E-state index is 13.6. The summed E-state index contributed by atoms with van der Waals surface area (Å²) in [6, 6.07) is 14.0. The van der Waals surface area contributed by atoms with Gasteiger partial charge in [-0.3, -0.25) is 4.79 Å². The summed E-state index contributed by atoms with van der Waals surface area (Å²) in [6.45, 7) is 0.695. The first-order valence-corrected chi connectivity index (χ1v) is 8.45. The molecule has 3 rings (SSSR count). The zero-order valence-corrected chi connectivity index (χ0v) is 14.5. The van der Waals surface area contributed by atoms with Crippen molar-refractivity contribution in [1.29, 1.82) is 0 Å². The Morgan fingerprint density at radius 3 is 2.56 bits per heavy atom. The van der Waals surface area contributed by atoms with Crippen molar-refractivity contribution >= 4 is 11.9 Å². The van der Waals surface area contributed by atoms with E-state index < -0.39 is 0 Å². The van der Waals surface area contributed by atoms with Gasteiger partial charge < -0.3 is 10.6 Å². The van der Waals surface area contributed by atoms with Gasteiger partial charge in [0.25, 0.3) is 5.91 Å². The van der Waals surface area contributed by atoms with Gasteiger partial charge in [-0.15, -0.1) is 0 Å². The Kier molecular flexibility index (Phi) is 6.04. The summed E-state index contributed by atoms with van der Waals surface area (Å²) in [6.07, 6.45) is 1.87. The molecule has 5 nitrogen and oxygen atoms in total. The molecule has 0 aliphatic rings. The number of halogens is 2. The number of nitrogens with zero attached hydrogens (tertiary/aromatic N) is 2. The Morgan fingerprint density at radius 2 is 1.78 bits per heavy atom. The van der Waals surface area contributed by atoms with Crippen LogP contribution in [0.15, 0.2) is 60.8 Å². The van der Waals surface area contributed by atoms with Crippen molar-refractivity contribution in [3.8, 4) is 0 Å². The van der Waals surface area contributed by atoms with Crippen LogP contribution >= 0.6 is 0 Å². The second-order valence-electron chi connectivity index (χ2n) is 5.84. The highest BCUT2D eigenvalue weighted by molar-refractivity contribution is 5.92. The molecular formula is C20H18F2N4O. The van der Waals surface area contributed by atoms with E-state index >= 15 is 0 Å². The lowest BCUT2D eigenvalue weighted by atomic mass is 10.1. The Bertz CT molecular complexity index is 916. The van der Waals surface area contributed by atoms with Crippen molar-refractivity contribution in [3.05, 3.63) is 89.2 Å². The molecule has 0 saturated carbocycles. The van der Waals surface area contributed by atoms with E-state index in [2.05, 4.69) is 20.6 Å². The van der Waals surface area contributed by atoms with Crippen LogP contribution in [-0.4, -0.2) is 22.4 Å². The Hall–Kier alpha value is -3.35. The average Bonchev–Trinajstić information content (AvgIpc) is 2.69. The van der Waals surface area contributed by atoms with Gasteiger partial charge in [0.05, 0.1) is 0 Å². The summed E-state index contributed by atoms with van der Waals surface area (Å²) < 4.78 is 26.5. The second kappa shape index (κ2) is 8.84. The summed E-state index contributed by atoms with van der Waals surface area (Å²) >= 11 is 0. The van der Waals surface area contributed by atoms with Crippen LogP contribution in [0.25, 0.3) is 0 Å². The van der Waals surface area contributed by atoms with Crippen molar-refractivity contribution in [1.82, 2.24) is 15.3 Å². The number of hydrogen-bond donors (Lipinski definition) is 2. The zero-order valence-electron chi connectivity index (χ0n) is 14.5. The molecule has 1 amide bonds. The maximum absolute atomic E-state index is 13.6. The van der Waals surface area contributed by atoms with Crippen LogP contribution in [0.4, 0.5) is 14.7 Å². The Balaban J connectivity index is 1.53. The number of nitrogens with one attached hydrogen (secondary N) is 2. The smallest absolute Gasteiger partial charge is 0.270 e. The Labute approximate surface area is 155 Å². The first kappa shape index (κ1) is 18.4. The van der Waals surface area contributed by atoms with Crippen molar-refractivity contribution in [3.63, 3.8) is 0 Å².